The van der Waals surface area contributed by atoms with Crippen LogP contribution in [0.2, 0.25) is 0 Å². The van der Waals surface area contributed by atoms with E-state index in [0.29, 0.717) is 5.41 Å². The summed E-state index contributed by atoms with van der Waals surface area (Å²) >= 11 is 0. The first-order valence-electron chi connectivity index (χ1n) is 6.15. The summed E-state index contributed by atoms with van der Waals surface area (Å²) in [6.45, 7) is 9.02. The molecule has 0 aromatic carbocycles. The van der Waals surface area contributed by atoms with Gasteiger partial charge in [0.1, 0.15) is 0 Å². The van der Waals surface area contributed by atoms with Gasteiger partial charge in [-0.1, -0.05) is 13.3 Å². The lowest BCUT2D eigenvalue weighted by Gasteiger charge is -2.54. The average Bonchev–Trinajstić information content (AvgIpc) is 2.11. The number of nitrogens with zero attached hydrogens (tertiary/aromatic N) is 2. The van der Waals surface area contributed by atoms with E-state index < -0.39 is 0 Å². The Hall–Kier alpha value is -0.0800. The first kappa shape index (κ1) is 10.4. The molecule has 2 aliphatic heterocycles. The van der Waals surface area contributed by atoms with Crippen molar-refractivity contribution in [3.8, 4) is 0 Å². The second-order valence-electron chi connectivity index (χ2n) is 5.41. The van der Waals surface area contributed by atoms with Gasteiger partial charge in [-0.15, -0.1) is 0 Å². The predicted molar refractivity (Wildman–Crippen MR) is 60.5 cm³/mol. The van der Waals surface area contributed by atoms with Crippen LogP contribution in [0.4, 0.5) is 0 Å². The van der Waals surface area contributed by atoms with E-state index in [-0.39, 0.29) is 0 Å². The predicted octanol–water partition coefficient (Wildman–Crippen LogP) is 1.81. The van der Waals surface area contributed by atoms with Crippen molar-refractivity contribution >= 4 is 0 Å². The molecule has 0 radical (unpaired) electrons. The summed E-state index contributed by atoms with van der Waals surface area (Å²) in [5.74, 6) is 0. The van der Waals surface area contributed by atoms with Crippen LogP contribution in [0, 0.1) is 5.41 Å². The molecule has 0 N–H and O–H groups in total. The van der Waals surface area contributed by atoms with E-state index in [9.17, 15) is 0 Å². The molecule has 2 aliphatic rings. The fourth-order valence-electron chi connectivity index (χ4n) is 3.15. The van der Waals surface area contributed by atoms with Crippen molar-refractivity contribution < 1.29 is 0 Å². The van der Waals surface area contributed by atoms with Gasteiger partial charge in [0.25, 0.3) is 0 Å². The third kappa shape index (κ3) is 2.12. The topological polar surface area (TPSA) is 6.48 Å². The lowest BCUT2D eigenvalue weighted by Crippen LogP contribution is -2.62. The van der Waals surface area contributed by atoms with Crippen LogP contribution >= 0.6 is 0 Å². The van der Waals surface area contributed by atoms with Crippen molar-refractivity contribution in [3.63, 3.8) is 0 Å². The number of rotatable bonds is 3. The second-order valence-corrected chi connectivity index (χ2v) is 5.41. The molecule has 0 atom stereocenters. The minimum absolute atomic E-state index is 0.695. The Morgan fingerprint density at radius 1 is 1.21 bits per heavy atom. The largest absolute Gasteiger partial charge is 0.306 e. The summed E-state index contributed by atoms with van der Waals surface area (Å²) in [6.07, 6.45) is 5.60. The summed E-state index contributed by atoms with van der Waals surface area (Å²) in [4.78, 5) is 5.16. The maximum atomic E-state index is 2.64. The van der Waals surface area contributed by atoms with E-state index in [1.807, 2.05) is 0 Å². The molecule has 0 unspecified atom stereocenters. The number of likely N-dealkylation sites (tertiary alicyclic amines) is 2. The highest BCUT2D eigenvalue weighted by molar-refractivity contribution is 4.98. The molecule has 0 bridgehead atoms. The minimum atomic E-state index is 0.695. The minimum Gasteiger partial charge on any atom is -0.306 e. The zero-order valence-electron chi connectivity index (χ0n) is 9.76. The molecular weight excluding hydrogens is 172 g/mol. The fourth-order valence-corrected chi connectivity index (χ4v) is 3.15. The lowest BCUT2D eigenvalue weighted by atomic mass is 9.73. The SMILES string of the molecule is CCCCN1CC2(CCCN(C)C2)C1. The van der Waals surface area contributed by atoms with Crippen LogP contribution in [0.25, 0.3) is 0 Å². The van der Waals surface area contributed by atoms with Gasteiger partial charge < -0.3 is 9.80 Å². The molecule has 2 heteroatoms. The second kappa shape index (κ2) is 4.19. The summed E-state index contributed by atoms with van der Waals surface area (Å²) in [5, 5.41) is 0. The summed E-state index contributed by atoms with van der Waals surface area (Å²) in [7, 11) is 2.27. The Morgan fingerprint density at radius 3 is 2.64 bits per heavy atom. The zero-order chi connectivity index (χ0) is 10.0. The monoisotopic (exact) mass is 196 g/mol. The first-order valence-corrected chi connectivity index (χ1v) is 6.15. The van der Waals surface area contributed by atoms with Crippen LogP contribution in [0.1, 0.15) is 32.6 Å². The zero-order valence-corrected chi connectivity index (χ0v) is 9.76. The standard InChI is InChI=1S/C12H24N2/c1-3-4-8-14-10-12(11-14)6-5-7-13(2)9-12/h3-11H2,1-2H3. The summed E-state index contributed by atoms with van der Waals surface area (Å²) in [6, 6.07) is 0. The van der Waals surface area contributed by atoms with Crippen LogP contribution in [0.3, 0.4) is 0 Å². The highest BCUT2D eigenvalue weighted by Crippen LogP contribution is 2.38. The molecule has 0 saturated carbocycles. The van der Waals surface area contributed by atoms with Crippen LogP contribution in [0.5, 0.6) is 0 Å². The average molecular weight is 196 g/mol. The molecule has 82 valence electrons. The molecule has 2 saturated heterocycles. The van der Waals surface area contributed by atoms with Crippen molar-refractivity contribution in [1.82, 2.24) is 9.80 Å². The van der Waals surface area contributed by atoms with Crippen molar-refractivity contribution in [1.29, 1.82) is 0 Å². The first-order chi connectivity index (χ1) is 6.74. The van der Waals surface area contributed by atoms with Crippen molar-refractivity contribution in [2.45, 2.75) is 32.6 Å². The smallest absolute Gasteiger partial charge is 0.00851 e. The molecule has 0 aliphatic carbocycles. The number of unbranched alkanes of at least 4 members (excludes halogenated alkanes) is 1. The summed E-state index contributed by atoms with van der Waals surface area (Å²) < 4.78 is 0. The van der Waals surface area contributed by atoms with Gasteiger partial charge in [-0.05, 0) is 39.4 Å². The third-order valence-electron chi connectivity index (χ3n) is 3.80. The van der Waals surface area contributed by atoms with E-state index in [0.717, 1.165) is 0 Å². The third-order valence-corrected chi connectivity index (χ3v) is 3.80. The quantitative estimate of drug-likeness (QED) is 0.679. The van der Waals surface area contributed by atoms with E-state index in [1.54, 1.807) is 0 Å². The van der Waals surface area contributed by atoms with Crippen LogP contribution in [-0.2, 0) is 0 Å². The van der Waals surface area contributed by atoms with Crippen molar-refractivity contribution in [3.05, 3.63) is 0 Å². The summed E-state index contributed by atoms with van der Waals surface area (Å²) in [5.41, 5.74) is 0.695. The Balaban J connectivity index is 1.74. The van der Waals surface area contributed by atoms with E-state index >= 15 is 0 Å². The number of piperidine rings is 1. The van der Waals surface area contributed by atoms with E-state index in [2.05, 4.69) is 23.8 Å². The Bertz CT molecular complexity index is 185. The molecule has 0 aromatic heterocycles. The molecule has 1 spiro atoms. The Labute approximate surface area is 88.3 Å². The Kier molecular flexibility index (Phi) is 3.13. The van der Waals surface area contributed by atoms with Gasteiger partial charge in [0.2, 0.25) is 0 Å². The van der Waals surface area contributed by atoms with Gasteiger partial charge in [0.05, 0.1) is 0 Å². The van der Waals surface area contributed by atoms with Gasteiger partial charge in [0.15, 0.2) is 0 Å². The van der Waals surface area contributed by atoms with E-state index in [4.69, 9.17) is 0 Å². The van der Waals surface area contributed by atoms with Crippen LogP contribution < -0.4 is 0 Å². The molecule has 0 aromatic rings. The van der Waals surface area contributed by atoms with Crippen LogP contribution in [-0.4, -0.2) is 49.6 Å². The van der Waals surface area contributed by atoms with Gasteiger partial charge in [-0.3, -0.25) is 0 Å². The van der Waals surface area contributed by atoms with Crippen LogP contribution in [0.15, 0.2) is 0 Å². The molecule has 2 fully saturated rings. The van der Waals surface area contributed by atoms with Gasteiger partial charge in [-0.25, -0.2) is 0 Å². The fraction of sp³-hybridized carbons (Fsp3) is 1.00. The van der Waals surface area contributed by atoms with Gasteiger partial charge >= 0.3 is 0 Å². The normalized spacial score (nSPS) is 27.9. The number of hydrogen-bond acceptors (Lipinski definition) is 2. The van der Waals surface area contributed by atoms with Gasteiger partial charge in [0, 0.05) is 25.0 Å². The Morgan fingerprint density at radius 2 is 2.00 bits per heavy atom. The molecule has 2 heterocycles. The molecular formula is C12H24N2. The molecule has 0 amide bonds. The van der Waals surface area contributed by atoms with E-state index in [1.165, 1.54) is 58.4 Å². The number of hydrogen-bond donors (Lipinski definition) is 0. The molecule has 2 nitrogen and oxygen atoms in total. The lowest BCUT2D eigenvalue weighted by molar-refractivity contribution is -0.0483. The van der Waals surface area contributed by atoms with Gasteiger partial charge in [-0.2, -0.15) is 0 Å². The highest BCUT2D eigenvalue weighted by Gasteiger charge is 2.44. The molecule has 14 heavy (non-hydrogen) atoms. The maximum Gasteiger partial charge on any atom is 0.00851 e. The maximum absolute atomic E-state index is 2.64. The molecule has 2 rings (SSSR count). The van der Waals surface area contributed by atoms with Crippen molar-refractivity contribution in [2.24, 2.45) is 5.41 Å². The highest BCUT2D eigenvalue weighted by atomic mass is 15.2. The van der Waals surface area contributed by atoms with Crippen molar-refractivity contribution in [2.75, 3.05) is 39.8 Å².